The molecule has 0 radical (unpaired) electrons. The van der Waals surface area contributed by atoms with E-state index in [-0.39, 0.29) is 11.9 Å². The van der Waals surface area contributed by atoms with Gasteiger partial charge >= 0.3 is 0 Å². The third-order valence-corrected chi connectivity index (χ3v) is 4.91. The highest BCUT2D eigenvalue weighted by Crippen LogP contribution is 2.27. The Morgan fingerprint density at radius 3 is 3.04 bits per heavy atom. The van der Waals surface area contributed by atoms with Crippen molar-refractivity contribution in [2.24, 2.45) is 0 Å². The van der Waals surface area contributed by atoms with E-state index in [9.17, 15) is 4.79 Å². The first-order chi connectivity index (χ1) is 11.2. The fourth-order valence-electron chi connectivity index (χ4n) is 2.83. The molecule has 23 heavy (non-hydrogen) atoms. The summed E-state index contributed by atoms with van der Waals surface area (Å²) in [5.41, 5.74) is 1.08. The molecule has 0 saturated carbocycles. The Labute approximate surface area is 139 Å². The van der Waals surface area contributed by atoms with Crippen molar-refractivity contribution in [3.8, 4) is 5.88 Å². The van der Waals surface area contributed by atoms with E-state index in [1.807, 2.05) is 28.8 Å². The van der Waals surface area contributed by atoms with Gasteiger partial charge < -0.3 is 14.5 Å². The van der Waals surface area contributed by atoms with E-state index in [0.717, 1.165) is 30.9 Å². The van der Waals surface area contributed by atoms with Crippen LogP contribution in [-0.4, -0.2) is 54.1 Å². The molecule has 1 aliphatic rings. The molecule has 0 aliphatic carbocycles. The molecule has 1 saturated heterocycles. The quantitative estimate of drug-likeness (QED) is 0.836. The van der Waals surface area contributed by atoms with Gasteiger partial charge in [-0.3, -0.25) is 4.79 Å². The number of ether oxygens (including phenoxy) is 1. The van der Waals surface area contributed by atoms with Gasteiger partial charge in [-0.1, -0.05) is 0 Å². The highest BCUT2D eigenvalue weighted by molar-refractivity contribution is 7.07. The van der Waals surface area contributed by atoms with Crippen LogP contribution < -0.4 is 9.64 Å². The second-order valence-corrected chi connectivity index (χ2v) is 6.37. The molecule has 0 bridgehead atoms. The second kappa shape index (κ2) is 6.95. The molecule has 0 spiro atoms. The molecule has 0 aromatic carbocycles. The van der Waals surface area contributed by atoms with Gasteiger partial charge in [0.1, 0.15) is 0 Å². The summed E-state index contributed by atoms with van der Waals surface area (Å²) in [5, 5.41) is 4.03. The van der Waals surface area contributed by atoms with Crippen LogP contribution in [0.1, 0.15) is 12.0 Å². The van der Waals surface area contributed by atoms with Crippen LogP contribution in [0.3, 0.4) is 0 Å². The van der Waals surface area contributed by atoms with Crippen molar-refractivity contribution in [1.82, 2.24) is 14.9 Å². The van der Waals surface area contributed by atoms with Gasteiger partial charge in [0, 0.05) is 32.5 Å². The number of aromatic nitrogens is 2. The number of hydrogen-bond donors (Lipinski definition) is 0. The summed E-state index contributed by atoms with van der Waals surface area (Å²) >= 11 is 1.62. The molecule has 1 amide bonds. The number of likely N-dealkylation sites (N-methyl/N-ethyl adjacent to an activating group) is 1. The van der Waals surface area contributed by atoms with Crippen LogP contribution in [0.4, 0.5) is 5.82 Å². The highest BCUT2D eigenvalue weighted by atomic mass is 32.1. The van der Waals surface area contributed by atoms with Crippen molar-refractivity contribution in [2.45, 2.75) is 18.9 Å². The minimum atomic E-state index is 0.154. The highest BCUT2D eigenvalue weighted by Gasteiger charge is 2.30. The van der Waals surface area contributed by atoms with Crippen LogP contribution >= 0.6 is 11.3 Å². The summed E-state index contributed by atoms with van der Waals surface area (Å²) in [4.78, 5) is 25.0. The molecule has 1 atom stereocenters. The number of carbonyl (C=O) groups is 1. The Morgan fingerprint density at radius 1 is 1.48 bits per heavy atom. The van der Waals surface area contributed by atoms with Crippen molar-refractivity contribution < 1.29 is 9.53 Å². The maximum atomic E-state index is 12.4. The lowest BCUT2D eigenvalue weighted by molar-refractivity contribution is -0.130. The summed E-state index contributed by atoms with van der Waals surface area (Å²) in [6.45, 7) is 1.59. The smallest absolute Gasteiger partial charge is 0.257 e. The van der Waals surface area contributed by atoms with Gasteiger partial charge in [-0.15, -0.1) is 0 Å². The third-order valence-electron chi connectivity index (χ3n) is 4.18. The topological polar surface area (TPSA) is 58.6 Å². The number of nitrogens with zero attached hydrogens (tertiary/aromatic N) is 4. The molecule has 3 heterocycles. The molecule has 6 nitrogen and oxygen atoms in total. The fraction of sp³-hybridized carbons (Fsp3) is 0.438. The van der Waals surface area contributed by atoms with E-state index < -0.39 is 0 Å². The van der Waals surface area contributed by atoms with Crippen LogP contribution in [0, 0.1) is 0 Å². The van der Waals surface area contributed by atoms with E-state index in [1.54, 1.807) is 30.8 Å². The van der Waals surface area contributed by atoms with Crippen molar-refractivity contribution in [3.63, 3.8) is 0 Å². The molecule has 1 fully saturated rings. The van der Waals surface area contributed by atoms with E-state index >= 15 is 0 Å². The molecular weight excluding hydrogens is 312 g/mol. The average molecular weight is 332 g/mol. The third kappa shape index (κ3) is 3.44. The normalized spacial score (nSPS) is 17.3. The average Bonchev–Trinajstić information content (AvgIpc) is 3.25. The van der Waals surface area contributed by atoms with Crippen LogP contribution in [0.2, 0.25) is 0 Å². The largest absolute Gasteiger partial charge is 0.478 e. The zero-order valence-corrected chi connectivity index (χ0v) is 14.1. The Kier molecular flexibility index (Phi) is 4.76. The van der Waals surface area contributed by atoms with E-state index in [4.69, 9.17) is 4.74 Å². The summed E-state index contributed by atoms with van der Waals surface area (Å²) in [6.07, 6.45) is 4.67. The van der Waals surface area contributed by atoms with Crippen molar-refractivity contribution in [2.75, 3.05) is 32.1 Å². The Hall–Kier alpha value is -2.15. The first-order valence-electron chi connectivity index (χ1n) is 7.55. The van der Waals surface area contributed by atoms with Crippen LogP contribution in [-0.2, 0) is 11.2 Å². The molecule has 7 heteroatoms. The summed E-state index contributed by atoms with van der Waals surface area (Å²) in [5.74, 6) is 1.43. The number of carbonyl (C=O) groups excluding carboxylic acids is 1. The molecule has 1 aliphatic heterocycles. The molecule has 1 unspecified atom stereocenters. The van der Waals surface area contributed by atoms with E-state index in [2.05, 4.69) is 14.9 Å². The zero-order chi connectivity index (χ0) is 16.2. The molecule has 122 valence electrons. The fourth-order valence-corrected chi connectivity index (χ4v) is 3.49. The lowest BCUT2D eigenvalue weighted by atomic mass is 10.2. The van der Waals surface area contributed by atoms with Gasteiger partial charge in [0.05, 0.1) is 19.6 Å². The van der Waals surface area contributed by atoms with Crippen LogP contribution in [0.5, 0.6) is 5.88 Å². The number of rotatable bonds is 5. The van der Waals surface area contributed by atoms with Gasteiger partial charge in [0.15, 0.2) is 5.82 Å². The van der Waals surface area contributed by atoms with Gasteiger partial charge in [-0.05, 0) is 28.8 Å². The lowest BCUT2D eigenvalue weighted by Gasteiger charge is -2.25. The lowest BCUT2D eigenvalue weighted by Crippen LogP contribution is -2.40. The SMILES string of the molecule is COc1nccnc1N1CCC(N(C)C(=O)Cc2ccsc2)C1. The Morgan fingerprint density at radius 2 is 2.30 bits per heavy atom. The van der Waals surface area contributed by atoms with Crippen molar-refractivity contribution >= 4 is 23.1 Å². The summed E-state index contributed by atoms with van der Waals surface area (Å²) in [6, 6.07) is 2.19. The van der Waals surface area contributed by atoms with E-state index in [0.29, 0.717) is 12.3 Å². The first kappa shape index (κ1) is 15.7. The molecular formula is C16H20N4O2S. The van der Waals surface area contributed by atoms with Gasteiger partial charge in [-0.25, -0.2) is 9.97 Å². The van der Waals surface area contributed by atoms with Gasteiger partial charge in [0.2, 0.25) is 5.91 Å². The first-order valence-corrected chi connectivity index (χ1v) is 8.50. The summed E-state index contributed by atoms with van der Waals surface area (Å²) in [7, 11) is 3.48. The predicted molar refractivity (Wildman–Crippen MR) is 90.0 cm³/mol. The number of amides is 1. The van der Waals surface area contributed by atoms with Crippen molar-refractivity contribution in [1.29, 1.82) is 0 Å². The maximum absolute atomic E-state index is 12.4. The number of methoxy groups -OCH3 is 1. The Balaban J connectivity index is 1.63. The summed E-state index contributed by atoms with van der Waals surface area (Å²) < 4.78 is 5.28. The number of anilines is 1. The van der Waals surface area contributed by atoms with Gasteiger partial charge in [0.25, 0.3) is 5.88 Å². The zero-order valence-electron chi connectivity index (χ0n) is 13.3. The molecule has 0 N–H and O–H groups in total. The standard InChI is InChI=1S/C16H20N4O2S/c1-19(14(21)9-12-4-8-23-11-12)13-3-7-20(10-13)15-16(22-2)18-6-5-17-15/h4-6,8,11,13H,3,7,9-10H2,1-2H3. The van der Waals surface area contributed by atoms with Crippen LogP contribution in [0.15, 0.2) is 29.2 Å². The monoisotopic (exact) mass is 332 g/mol. The van der Waals surface area contributed by atoms with Crippen molar-refractivity contribution in [3.05, 3.63) is 34.8 Å². The molecule has 3 rings (SSSR count). The predicted octanol–water partition coefficient (Wildman–Crippen LogP) is 1.83. The number of hydrogen-bond acceptors (Lipinski definition) is 6. The van der Waals surface area contributed by atoms with E-state index in [1.165, 1.54) is 0 Å². The Bertz CT molecular complexity index is 662. The van der Waals surface area contributed by atoms with Gasteiger partial charge in [-0.2, -0.15) is 11.3 Å². The molecule has 2 aromatic heterocycles. The maximum Gasteiger partial charge on any atom is 0.257 e. The minimum absolute atomic E-state index is 0.154. The molecule has 2 aromatic rings. The minimum Gasteiger partial charge on any atom is -0.478 e. The second-order valence-electron chi connectivity index (χ2n) is 5.59. The number of thiophene rings is 1. The van der Waals surface area contributed by atoms with Crippen LogP contribution in [0.25, 0.3) is 0 Å².